The Morgan fingerprint density at radius 3 is 2.56 bits per heavy atom. The topological polar surface area (TPSA) is 49.5 Å². The summed E-state index contributed by atoms with van der Waals surface area (Å²) in [5, 5.41) is 13.9. The van der Waals surface area contributed by atoms with E-state index in [-0.39, 0.29) is 0 Å². The number of hydrogen-bond acceptors (Lipinski definition) is 4. The van der Waals surface area contributed by atoms with Gasteiger partial charge in [0.1, 0.15) is 11.4 Å². The molecule has 4 heteroatoms. The molecule has 2 heterocycles. The first-order valence-electron chi connectivity index (χ1n) is 8.80. The van der Waals surface area contributed by atoms with E-state index in [2.05, 4.69) is 16.1 Å². The molecular weight excluding hydrogens is 312 g/mol. The lowest BCUT2D eigenvalue weighted by atomic mass is 9.89. The van der Waals surface area contributed by atoms with Gasteiger partial charge in [0.25, 0.3) is 0 Å². The molecule has 0 saturated carbocycles. The van der Waals surface area contributed by atoms with E-state index in [1.54, 1.807) is 6.07 Å². The summed E-state index contributed by atoms with van der Waals surface area (Å²) in [6, 6.07) is 19.8. The van der Waals surface area contributed by atoms with Crippen LogP contribution in [-0.2, 0) is 6.54 Å². The summed E-state index contributed by atoms with van der Waals surface area (Å²) in [7, 11) is 0. The zero-order valence-electron chi connectivity index (χ0n) is 14.1. The van der Waals surface area contributed by atoms with Crippen molar-refractivity contribution >= 4 is 0 Å². The van der Waals surface area contributed by atoms with Crippen molar-refractivity contribution in [1.29, 1.82) is 0 Å². The molecule has 3 aromatic rings. The molecule has 4 rings (SSSR count). The Kier molecular flexibility index (Phi) is 4.53. The van der Waals surface area contributed by atoms with Gasteiger partial charge in [-0.25, -0.2) is 0 Å². The van der Waals surface area contributed by atoms with E-state index in [1.807, 2.05) is 48.5 Å². The van der Waals surface area contributed by atoms with Gasteiger partial charge in [0, 0.05) is 11.6 Å². The highest BCUT2D eigenvalue weighted by Gasteiger charge is 2.22. The van der Waals surface area contributed by atoms with Crippen molar-refractivity contribution in [1.82, 2.24) is 10.1 Å². The highest BCUT2D eigenvalue weighted by molar-refractivity contribution is 5.58. The molecule has 1 aliphatic heterocycles. The maximum Gasteiger partial charge on any atom is 0.151 e. The zero-order chi connectivity index (χ0) is 17.1. The predicted octanol–water partition coefficient (Wildman–Crippen LogP) is 4.43. The molecule has 0 unspecified atom stereocenters. The van der Waals surface area contributed by atoms with E-state index in [0.717, 1.165) is 49.5 Å². The van der Waals surface area contributed by atoms with Crippen LogP contribution in [-0.4, -0.2) is 28.3 Å². The molecule has 0 bridgehead atoms. The highest BCUT2D eigenvalue weighted by atomic mass is 16.5. The maximum absolute atomic E-state index is 9.66. The van der Waals surface area contributed by atoms with Gasteiger partial charge < -0.3 is 9.63 Å². The van der Waals surface area contributed by atoms with Crippen molar-refractivity contribution in [3.05, 3.63) is 72.0 Å². The fourth-order valence-corrected chi connectivity index (χ4v) is 3.56. The number of phenolic OH excluding ortho intramolecular Hbond substituents is 1. The second-order valence-corrected chi connectivity index (χ2v) is 6.69. The first-order valence-corrected chi connectivity index (χ1v) is 8.80. The number of hydrogen-bond donors (Lipinski definition) is 1. The molecule has 1 aromatic heterocycles. The third kappa shape index (κ3) is 3.74. The largest absolute Gasteiger partial charge is 0.508 e. The van der Waals surface area contributed by atoms with Crippen LogP contribution < -0.4 is 0 Å². The van der Waals surface area contributed by atoms with E-state index in [0.29, 0.717) is 11.7 Å². The first-order chi connectivity index (χ1) is 12.3. The quantitative estimate of drug-likeness (QED) is 0.767. The molecule has 1 saturated heterocycles. The van der Waals surface area contributed by atoms with Crippen LogP contribution in [0.3, 0.4) is 0 Å². The van der Waals surface area contributed by atoms with E-state index < -0.39 is 0 Å². The highest BCUT2D eigenvalue weighted by Crippen LogP contribution is 2.30. The van der Waals surface area contributed by atoms with Gasteiger partial charge in [0.2, 0.25) is 0 Å². The monoisotopic (exact) mass is 334 g/mol. The lowest BCUT2D eigenvalue weighted by molar-refractivity contribution is 0.184. The van der Waals surface area contributed by atoms with Gasteiger partial charge in [-0.05, 0) is 49.5 Å². The number of likely N-dealkylation sites (tertiary alicyclic amines) is 1. The van der Waals surface area contributed by atoms with E-state index in [9.17, 15) is 5.11 Å². The summed E-state index contributed by atoms with van der Waals surface area (Å²) in [5.41, 5.74) is 3.22. The van der Waals surface area contributed by atoms with Crippen LogP contribution in [0.4, 0.5) is 0 Å². The van der Waals surface area contributed by atoms with Crippen molar-refractivity contribution in [2.24, 2.45) is 0 Å². The van der Waals surface area contributed by atoms with Gasteiger partial charge in [-0.3, -0.25) is 4.90 Å². The number of aromatic nitrogens is 1. The minimum absolute atomic E-state index is 0.357. The number of aromatic hydroxyl groups is 1. The fourth-order valence-electron chi connectivity index (χ4n) is 3.56. The fraction of sp³-hybridized carbons (Fsp3) is 0.286. The van der Waals surface area contributed by atoms with Gasteiger partial charge >= 0.3 is 0 Å². The number of benzene rings is 2. The molecule has 1 N–H and O–H groups in total. The second-order valence-electron chi connectivity index (χ2n) is 6.69. The number of piperidine rings is 1. The second kappa shape index (κ2) is 7.11. The minimum Gasteiger partial charge on any atom is -0.508 e. The smallest absolute Gasteiger partial charge is 0.151 e. The molecule has 1 fully saturated rings. The molecule has 1 aliphatic rings. The van der Waals surface area contributed by atoms with E-state index in [4.69, 9.17) is 4.52 Å². The lowest BCUT2D eigenvalue weighted by Crippen LogP contribution is -2.32. The number of nitrogens with zero attached hydrogens (tertiary/aromatic N) is 2. The summed E-state index contributed by atoms with van der Waals surface area (Å²) in [6.45, 7) is 2.86. The Bertz CT molecular complexity index is 821. The van der Waals surface area contributed by atoms with E-state index >= 15 is 0 Å². The molecule has 4 nitrogen and oxygen atoms in total. The van der Waals surface area contributed by atoms with Crippen LogP contribution in [0.15, 0.2) is 65.2 Å². The number of rotatable bonds is 4. The first kappa shape index (κ1) is 15.9. The Morgan fingerprint density at radius 1 is 1.00 bits per heavy atom. The molecule has 0 radical (unpaired) electrons. The summed E-state index contributed by atoms with van der Waals surface area (Å²) in [5.74, 6) is 1.79. The van der Waals surface area contributed by atoms with Gasteiger partial charge in [0.15, 0.2) is 5.76 Å². The Balaban J connectivity index is 1.35. The van der Waals surface area contributed by atoms with Crippen molar-refractivity contribution in [2.75, 3.05) is 13.1 Å². The van der Waals surface area contributed by atoms with Crippen molar-refractivity contribution in [3.63, 3.8) is 0 Å². The third-order valence-corrected chi connectivity index (χ3v) is 4.94. The minimum atomic E-state index is 0.357. The van der Waals surface area contributed by atoms with Crippen LogP contribution >= 0.6 is 0 Å². The molecule has 0 amide bonds. The molecule has 0 aliphatic carbocycles. The SMILES string of the molecule is Oc1cccc(C2CCN(Cc3cc(-c4ccccc4)no3)CC2)c1. The molecule has 0 spiro atoms. The normalized spacial score (nSPS) is 16.2. The number of phenols is 1. The van der Waals surface area contributed by atoms with Crippen LogP contribution in [0.2, 0.25) is 0 Å². The molecule has 2 aromatic carbocycles. The molecular formula is C21H22N2O2. The maximum atomic E-state index is 9.66. The molecule has 25 heavy (non-hydrogen) atoms. The van der Waals surface area contributed by atoms with Gasteiger partial charge in [0.05, 0.1) is 6.54 Å². The van der Waals surface area contributed by atoms with Crippen LogP contribution in [0, 0.1) is 0 Å². The van der Waals surface area contributed by atoms with Crippen LogP contribution in [0.5, 0.6) is 5.75 Å². The van der Waals surface area contributed by atoms with Gasteiger partial charge in [-0.1, -0.05) is 47.6 Å². The summed E-state index contributed by atoms with van der Waals surface area (Å²) in [6.07, 6.45) is 2.20. The Hall–Kier alpha value is -2.59. The average molecular weight is 334 g/mol. The van der Waals surface area contributed by atoms with Crippen LogP contribution in [0.25, 0.3) is 11.3 Å². The molecule has 0 atom stereocenters. The van der Waals surface area contributed by atoms with Crippen LogP contribution in [0.1, 0.15) is 30.1 Å². The van der Waals surface area contributed by atoms with Crippen molar-refractivity contribution in [2.45, 2.75) is 25.3 Å². The van der Waals surface area contributed by atoms with Crippen molar-refractivity contribution in [3.8, 4) is 17.0 Å². The summed E-state index contributed by atoms with van der Waals surface area (Å²) >= 11 is 0. The lowest BCUT2D eigenvalue weighted by Gasteiger charge is -2.31. The Labute approximate surface area is 147 Å². The third-order valence-electron chi connectivity index (χ3n) is 4.94. The van der Waals surface area contributed by atoms with Gasteiger partial charge in [-0.15, -0.1) is 0 Å². The van der Waals surface area contributed by atoms with Crippen molar-refractivity contribution < 1.29 is 9.63 Å². The van der Waals surface area contributed by atoms with Gasteiger partial charge in [-0.2, -0.15) is 0 Å². The summed E-state index contributed by atoms with van der Waals surface area (Å²) in [4.78, 5) is 2.41. The van der Waals surface area contributed by atoms with E-state index in [1.165, 1.54) is 5.56 Å². The molecule has 128 valence electrons. The summed E-state index contributed by atoms with van der Waals surface area (Å²) < 4.78 is 5.52. The Morgan fingerprint density at radius 2 is 1.80 bits per heavy atom. The zero-order valence-corrected chi connectivity index (χ0v) is 14.1. The predicted molar refractivity (Wildman–Crippen MR) is 97.3 cm³/mol. The average Bonchev–Trinajstić information content (AvgIpc) is 3.12. The standard InChI is InChI=1S/C21H22N2O2/c24-19-8-4-7-18(13-19)16-9-11-23(12-10-16)15-20-14-21(22-25-20)17-5-2-1-3-6-17/h1-8,13-14,16,24H,9-12,15H2.